The van der Waals surface area contributed by atoms with Crippen LogP contribution in [0.5, 0.6) is 0 Å². The van der Waals surface area contributed by atoms with E-state index in [0.717, 1.165) is 37.9 Å². The molecule has 8 heteroatoms. The molecule has 3 fully saturated rings. The number of carbonyl (C=O) groups is 3. The quantitative estimate of drug-likeness (QED) is 0.392. The third kappa shape index (κ3) is 5.70. The molecule has 3 heterocycles. The highest BCUT2D eigenvalue weighted by Crippen LogP contribution is 2.55. The Morgan fingerprint density at radius 3 is 2.64 bits per heavy atom. The summed E-state index contributed by atoms with van der Waals surface area (Å²) in [6.07, 6.45) is 7.10. The van der Waals surface area contributed by atoms with E-state index in [1.54, 1.807) is 4.90 Å². The highest BCUT2D eigenvalue weighted by atomic mass is 16.5. The lowest BCUT2D eigenvalue weighted by atomic mass is 9.73. The van der Waals surface area contributed by atoms with Crippen molar-refractivity contribution in [2.75, 3.05) is 25.5 Å². The van der Waals surface area contributed by atoms with Gasteiger partial charge in [0.15, 0.2) is 0 Å². The summed E-state index contributed by atoms with van der Waals surface area (Å²) < 4.78 is 6.55. The van der Waals surface area contributed by atoms with Crippen molar-refractivity contribution in [1.29, 1.82) is 0 Å². The van der Waals surface area contributed by atoms with Gasteiger partial charge >= 0.3 is 0 Å². The molecule has 2 aromatic carbocycles. The molecule has 2 bridgehead atoms. The van der Waals surface area contributed by atoms with E-state index in [2.05, 4.69) is 48.6 Å². The summed E-state index contributed by atoms with van der Waals surface area (Å²) in [5.74, 6) is -1.17. The molecule has 234 valence electrons. The van der Waals surface area contributed by atoms with Gasteiger partial charge in [0.1, 0.15) is 11.6 Å². The highest BCUT2D eigenvalue weighted by molar-refractivity contribution is 6.02. The first kappa shape index (κ1) is 30.5. The molecule has 2 saturated heterocycles. The van der Waals surface area contributed by atoms with Gasteiger partial charge in [-0.1, -0.05) is 81.3 Å². The van der Waals surface area contributed by atoms with Gasteiger partial charge in [-0.2, -0.15) is 0 Å². The summed E-state index contributed by atoms with van der Waals surface area (Å²) >= 11 is 0. The maximum atomic E-state index is 14.3. The first-order valence-electron chi connectivity index (χ1n) is 16.3. The second-order valence-corrected chi connectivity index (χ2v) is 13.6. The minimum absolute atomic E-state index is 0.0543. The number of amides is 3. The van der Waals surface area contributed by atoms with Crippen LogP contribution in [0.3, 0.4) is 0 Å². The fraction of sp³-hybridized carbons (Fsp3) is 0.528. The number of anilines is 1. The first-order chi connectivity index (χ1) is 21.2. The Labute approximate surface area is 261 Å². The van der Waals surface area contributed by atoms with E-state index < -0.39 is 29.6 Å². The van der Waals surface area contributed by atoms with E-state index in [4.69, 9.17) is 4.74 Å². The van der Waals surface area contributed by atoms with Gasteiger partial charge in [0.25, 0.3) is 0 Å². The number of hydrogen-bond acceptors (Lipinski definition) is 5. The molecule has 6 rings (SSSR count). The van der Waals surface area contributed by atoms with Crippen LogP contribution in [-0.2, 0) is 25.7 Å². The minimum atomic E-state index is -1.15. The fourth-order valence-electron chi connectivity index (χ4n) is 7.99. The molecular formula is C36H46N4O4. The number of carbonyl (C=O) groups excluding carboxylic acids is 3. The van der Waals surface area contributed by atoms with Crippen LogP contribution >= 0.6 is 0 Å². The van der Waals surface area contributed by atoms with Crippen molar-refractivity contribution in [3.63, 3.8) is 0 Å². The molecule has 4 aliphatic rings. The summed E-state index contributed by atoms with van der Waals surface area (Å²) in [5.41, 5.74) is 1.80. The van der Waals surface area contributed by atoms with Gasteiger partial charge in [-0.05, 0) is 68.5 Å². The van der Waals surface area contributed by atoms with Gasteiger partial charge in [-0.3, -0.25) is 14.4 Å². The third-order valence-electron chi connectivity index (χ3n) is 10.5. The van der Waals surface area contributed by atoms with Crippen LogP contribution in [0.1, 0.15) is 50.7 Å². The molecule has 2 aromatic rings. The summed E-state index contributed by atoms with van der Waals surface area (Å²) in [5, 5.41) is 6.37. The van der Waals surface area contributed by atoms with E-state index >= 15 is 0 Å². The zero-order valence-electron chi connectivity index (χ0n) is 26.4. The summed E-state index contributed by atoms with van der Waals surface area (Å²) in [7, 11) is 2.07. The predicted octanol–water partition coefficient (Wildman–Crippen LogP) is 4.55. The topological polar surface area (TPSA) is 91.0 Å². The predicted molar refractivity (Wildman–Crippen MR) is 171 cm³/mol. The molecule has 1 saturated carbocycles. The van der Waals surface area contributed by atoms with E-state index in [9.17, 15) is 14.4 Å². The van der Waals surface area contributed by atoms with E-state index in [0.29, 0.717) is 30.5 Å². The van der Waals surface area contributed by atoms with Crippen LogP contribution in [-0.4, -0.2) is 71.4 Å². The van der Waals surface area contributed by atoms with Crippen molar-refractivity contribution in [2.45, 2.75) is 76.8 Å². The fourth-order valence-corrected chi connectivity index (χ4v) is 7.99. The molecular weight excluding hydrogens is 552 g/mol. The first-order valence-corrected chi connectivity index (χ1v) is 16.3. The summed E-state index contributed by atoms with van der Waals surface area (Å²) in [6.45, 7) is 8.41. The van der Waals surface area contributed by atoms with E-state index in [1.165, 1.54) is 5.56 Å². The van der Waals surface area contributed by atoms with Gasteiger partial charge < -0.3 is 25.2 Å². The van der Waals surface area contributed by atoms with Crippen molar-refractivity contribution in [2.24, 2.45) is 23.7 Å². The highest BCUT2D eigenvalue weighted by Gasteiger charge is 2.72. The van der Waals surface area contributed by atoms with Crippen molar-refractivity contribution in [3.05, 3.63) is 77.9 Å². The molecule has 44 heavy (non-hydrogen) atoms. The van der Waals surface area contributed by atoms with Crippen molar-refractivity contribution < 1.29 is 19.1 Å². The Morgan fingerprint density at radius 2 is 1.86 bits per heavy atom. The van der Waals surface area contributed by atoms with Gasteiger partial charge in [0, 0.05) is 24.8 Å². The Hall–Kier alpha value is -3.49. The van der Waals surface area contributed by atoms with Gasteiger partial charge in [0.2, 0.25) is 17.7 Å². The average molecular weight is 599 g/mol. The maximum Gasteiger partial charge on any atom is 0.246 e. The second kappa shape index (κ2) is 12.5. The zero-order chi connectivity index (χ0) is 31.0. The average Bonchev–Trinajstić information content (AvgIpc) is 3.63. The largest absolute Gasteiger partial charge is 0.359 e. The lowest BCUT2D eigenvalue weighted by Gasteiger charge is -2.38. The Balaban J connectivity index is 1.23. The van der Waals surface area contributed by atoms with Gasteiger partial charge in [-0.15, -0.1) is 0 Å². The van der Waals surface area contributed by atoms with Crippen LogP contribution in [0, 0.1) is 30.6 Å². The molecule has 3 amide bonds. The summed E-state index contributed by atoms with van der Waals surface area (Å²) in [4.78, 5) is 46.3. The number of nitrogens with zero attached hydrogens (tertiary/aromatic N) is 2. The van der Waals surface area contributed by atoms with Crippen LogP contribution < -0.4 is 10.6 Å². The number of ether oxygens (including phenoxy) is 1. The number of rotatable bonds is 10. The Morgan fingerprint density at radius 1 is 1.07 bits per heavy atom. The molecule has 0 aromatic heterocycles. The molecule has 8 atom stereocenters. The number of fused-ring (bicyclic) bond motifs is 1. The van der Waals surface area contributed by atoms with Crippen molar-refractivity contribution in [1.82, 2.24) is 15.1 Å². The number of aryl methyl sites for hydroxylation is 1. The third-order valence-corrected chi connectivity index (χ3v) is 10.5. The monoisotopic (exact) mass is 598 g/mol. The second-order valence-electron chi connectivity index (χ2n) is 13.6. The Bertz CT molecular complexity index is 1410. The van der Waals surface area contributed by atoms with E-state index in [1.807, 2.05) is 61.5 Å². The number of benzene rings is 2. The molecule has 6 unspecified atom stereocenters. The number of hydrogen-bond donors (Lipinski definition) is 2. The molecule has 8 nitrogen and oxygen atoms in total. The van der Waals surface area contributed by atoms with Crippen LogP contribution in [0.4, 0.5) is 5.69 Å². The van der Waals surface area contributed by atoms with Gasteiger partial charge in [-0.25, -0.2) is 0 Å². The van der Waals surface area contributed by atoms with Crippen LogP contribution in [0.2, 0.25) is 0 Å². The minimum Gasteiger partial charge on any atom is -0.359 e. The number of likely N-dealkylation sites (tertiary alicyclic amines) is 1. The molecule has 2 N–H and O–H groups in total. The summed E-state index contributed by atoms with van der Waals surface area (Å²) in [6, 6.07) is 17.2. The maximum absolute atomic E-state index is 14.3. The lowest BCUT2D eigenvalue weighted by Crippen LogP contribution is -2.58. The standard InChI is InChI=1S/C36H46N4O4/c1-23-11-8-15-27(21-23)37-33(41)30-29-17-18-36(44-29)31(30)35(43)40(20-10-19-39(4)22-26-13-6-5-7-14-26)32(36)34(42)38-28-16-9-12-24(2)25(28)3/h5-8,11,13-15,17-18,21,24-25,28-32H,9-10,12,16,19-20,22H2,1-4H3,(H,37,41)(H,38,42)/t24?,25?,28?,29-,30?,31-,32?,36?/m1/s1. The SMILES string of the molecule is Cc1cccc(NC(=O)C2[C@H]3C=CC4(O3)C(C(=O)NC3CCCC(C)C3C)N(CCCN(C)Cc3ccccc3)C(=O)[C@@H]24)c1. The normalized spacial score (nSPS) is 32.2. The van der Waals surface area contributed by atoms with Crippen LogP contribution in [0.15, 0.2) is 66.7 Å². The smallest absolute Gasteiger partial charge is 0.246 e. The molecule has 3 aliphatic heterocycles. The Kier molecular flexibility index (Phi) is 8.66. The van der Waals surface area contributed by atoms with Gasteiger partial charge in [0.05, 0.1) is 17.9 Å². The number of nitrogens with one attached hydrogen (secondary N) is 2. The molecule has 0 radical (unpaired) electrons. The van der Waals surface area contributed by atoms with Crippen LogP contribution in [0.25, 0.3) is 0 Å². The molecule has 1 aliphatic carbocycles. The van der Waals surface area contributed by atoms with Crippen molar-refractivity contribution in [3.8, 4) is 0 Å². The molecule has 1 spiro atoms. The zero-order valence-corrected chi connectivity index (χ0v) is 26.4. The van der Waals surface area contributed by atoms with E-state index in [-0.39, 0.29) is 23.8 Å². The lowest BCUT2D eigenvalue weighted by molar-refractivity contribution is -0.141. The van der Waals surface area contributed by atoms with Crippen molar-refractivity contribution >= 4 is 23.4 Å².